The maximum absolute atomic E-state index is 12.8. The van der Waals surface area contributed by atoms with Crippen molar-refractivity contribution in [3.05, 3.63) is 35.4 Å². The molecule has 12 heteroatoms. The fraction of sp³-hybridized carbons (Fsp3) is 0.500. The Balaban J connectivity index is 0.000000913. The highest BCUT2D eigenvalue weighted by molar-refractivity contribution is 5.80. The number of carbonyl (C=O) groups is 3. The van der Waals surface area contributed by atoms with Crippen LogP contribution in [0.3, 0.4) is 0 Å². The van der Waals surface area contributed by atoms with Gasteiger partial charge in [-0.15, -0.1) is 0 Å². The molecule has 0 unspecified atom stereocenters. The van der Waals surface area contributed by atoms with Crippen molar-refractivity contribution in [3.8, 4) is 0 Å². The monoisotopic (exact) mass is 445 g/mol. The molecule has 172 valence electrons. The third kappa shape index (κ3) is 4.85. The third-order valence-electron chi connectivity index (χ3n) is 6.06. The number of tetrazole rings is 1. The minimum Gasteiger partial charge on any atom is -0.483 e. The van der Waals surface area contributed by atoms with Crippen molar-refractivity contribution in [2.75, 3.05) is 38.5 Å². The summed E-state index contributed by atoms with van der Waals surface area (Å²) in [5.41, 5.74) is 7.26. The van der Waals surface area contributed by atoms with Crippen molar-refractivity contribution in [2.45, 2.75) is 19.9 Å². The summed E-state index contributed by atoms with van der Waals surface area (Å²) >= 11 is 0. The molecular formula is C20H27N7O5. The van der Waals surface area contributed by atoms with Crippen LogP contribution in [0.25, 0.3) is 0 Å². The molecule has 0 radical (unpaired) electrons. The van der Waals surface area contributed by atoms with E-state index in [9.17, 15) is 14.7 Å². The summed E-state index contributed by atoms with van der Waals surface area (Å²) < 4.78 is 1.25. The van der Waals surface area contributed by atoms with Gasteiger partial charge in [0.2, 0.25) is 17.8 Å². The van der Waals surface area contributed by atoms with Gasteiger partial charge >= 0.3 is 0 Å². The van der Waals surface area contributed by atoms with Gasteiger partial charge in [0.1, 0.15) is 6.54 Å². The molecule has 0 bridgehead atoms. The molecule has 0 spiro atoms. The zero-order valence-corrected chi connectivity index (χ0v) is 17.8. The van der Waals surface area contributed by atoms with Gasteiger partial charge in [-0.05, 0) is 22.9 Å². The number of benzene rings is 1. The third-order valence-corrected chi connectivity index (χ3v) is 6.06. The van der Waals surface area contributed by atoms with Crippen molar-refractivity contribution in [2.24, 2.45) is 11.3 Å². The first-order chi connectivity index (χ1) is 15.3. The van der Waals surface area contributed by atoms with Crippen LogP contribution < -0.4 is 5.73 Å². The Hall–Kier alpha value is -3.54. The summed E-state index contributed by atoms with van der Waals surface area (Å²) in [4.78, 5) is 37.3. The Morgan fingerprint density at radius 3 is 2.44 bits per heavy atom. The highest BCUT2D eigenvalue weighted by Gasteiger charge is 2.54. The number of carbonyl (C=O) groups excluding carboxylic acids is 2. The zero-order chi connectivity index (χ0) is 23.3. The van der Waals surface area contributed by atoms with E-state index < -0.39 is 5.41 Å². The van der Waals surface area contributed by atoms with E-state index in [1.807, 2.05) is 36.1 Å². The first-order valence-corrected chi connectivity index (χ1v) is 10.1. The van der Waals surface area contributed by atoms with Crippen molar-refractivity contribution in [1.29, 1.82) is 0 Å². The van der Waals surface area contributed by atoms with E-state index in [2.05, 4.69) is 15.5 Å². The second kappa shape index (κ2) is 9.73. The molecule has 2 aliphatic rings. The van der Waals surface area contributed by atoms with E-state index in [1.54, 1.807) is 4.90 Å². The zero-order valence-electron chi connectivity index (χ0n) is 17.8. The van der Waals surface area contributed by atoms with Gasteiger partial charge in [-0.25, -0.2) is 4.68 Å². The lowest BCUT2D eigenvalue weighted by Crippen LogP contribution is -2.41. The molecule has 2 amide bonds. The summed E-state index contributed by atoms with van der Waals surface area (Å²) in [5, 5.41) is 27.7. The van der Waals surface area contributed by atoms with Crippen molar-refractivity contribution in [3.63, 3.8) is 0 Å². The number of nitrogen functional groups attached to an aromatic ring is 1. The minimum atomic E-state index is -0.482. The second-order valence-electron chi connectivity index (χ2n) is 8.23. The first kappa shape index (κ1) is 23.1. The van der Waals surface area contributed by atoms with Crippen LogP contribution in [-0.2, 0) is 27.3 Å². The van der Waals surface area contributed by atoms with Crippen LogP contribution >= 0.6 is 0 Å². The standard InChI is InChI=1S/C19H25N7O3.CH2O2/c1-13-3-2-4-14(5-13)6-16(28)24-7-15-8-25(11-19(15,10-24)12-27)17(29)9-26-18(20)21-22-23-26;2-1-3/h2-5,15,27H,6-12H2,1H3,(H2,20,21,23);1H,(H,2,3)/t15-,19+;/m1./s1. The number of rotatable bonds is 5. The number of fused-ring (bicyclic) bond motifs is 1. The maximum Gasteiger partial charge on any atom is 0.290 e. The number of aliphatic hydroxyl groups is 1. The number of hydrogen-bond donors (Lipinski definition) is 3. The molecule has 2 aromatic rings. The summed E-state index contributed by atoms with van der Waals surface area (Å²) in [6, 6.07) is 7.92. The molecule has 0 saturated carbocycles. The molecule has 1 aromatic carbocycles. The normalized spacial score (nSPS) is 21.6. The summed E-state index contributed by atoms with van der Waals surface area (Å²) in [6.07, 6.45) is 0.344. The van der Waals surface area contributed by atoms with E-state index >= 15 is 0 Å². The molecule has 32 heavy (non-hydrogen) atoms. The van der Waals surface area contributed by atoms with E-state index in [1.165, 1.54) is 4.68 Å². The number of aryl methyl sites for hydroxylation is 1. The quantitative estimate of drug-likeness (QED) is 0.478. The smallest absolute Gasteiger partial charge is 0.290 e. The van der Waals surface area contributed by atoms with Gasteiger partial charge in [0.05, 0.1) is 13.0 Å². The minimum absolute atomic E-state index is 0.0386. The van der Waals surface area contributed by atoms with Crippen molar-refractivity contribution >= 4 is 24.2 Å². The Bertz CT molecular complexity index is 981. The topological polar surface area (TPSA) is 168 Å². The molecule has 2 saturated heterocycles. The first-order valence-electron chi connectivity index (χ1n) is 10.1. The van der Waals surface area contributed by atoms with Crippen LogP contribution in [0.15, 0.2) is 24.3 Å². The number of anilines is 1. The predicted molar refractivity (Wildman–Crippen MR) is 112 cm³/mol. The van der Waals surface area contributed by atoms with Crippen molar-refractivity contribution in [1.82, 2.24) is 30.0 Å². The summed E-state index contributed by atoms with van der Waals surface area (Å²) in [6.45, 7) is 3.55. The highest BCUT2D eigenvalue weighted by atomic mass is 16.3. The summed E-state index contributed by atoms with van der Waals surface area (Å²) in [7, 11) is 0. The van der Waals surface area contributed by atoms with Crippen LogP contribution in [0, 0.1) is 18.3 Å². The molecule has 0 aliphatic carbocycles. The van der Waals surface area contributed by atoms with Gasteiger partial charge in [-0.1, -0.05) is 34.9 Å². The average Bonchev–Trinajstić information content (AvgIpc) is 3.41. The van der Waals surface area contributed by atoms with E-state index in [0.29, 0.717) is 32.6 Å². The van der Waals surface area contributed by atoms with Gasteiger partial charge in [0, 0.05) is 37.5 Å². The number of hydrogen-bond acceptors (Lipinski definition) is 8. The van der Waals surface area contributed by atoms with Crippen LogP contribution in [0.4, 0.5) is 5.95 Å². The number of nitrogens with two attached hydrogens (primary N) is 1. The molecule has 2 atom stereocenters. The lowest BCUT2D eigenvalue weighted by molar-refractivity contribution is -0.132. The average molecular weight is 445 g/mol. The molecule has 4 N–H and O–H groups in total. The predicted octanol–water partition coefficient (Wildman–Crippen LogP) is -1.21. The Morgan fingerprint density at radius 1 is 1.25 bits per heavy atom. The molecule has 1 aromatic heterocycles. The highest BCUT2D eigenvalue weighted by Crippen LogP contribution is 2.42. The molecular weight excluding hydrogens is 418 g/mol. The molecule has 12 nitrogen and oxygen atoms in total. The van der Waals surface area contributed by atoms with Gasteiger partial charge < -0.3 is 25.7 Å². The largest absolute Gasteiger partial charge is 0.483 e. The number of aromatic nitrogens is 4. The van der Waals surface area contributed by atoms with Crippen LogP contribution in [0.1, 0.15) is 11.1 Å². The van der Waals surface area contributed by atoms with E-state index in [4.69, 9.17) is 15.6 Å². The fourth-order valence-electron chi connectivity index (χ4n) is 4.44. The Morgan fingerprint density at radius 2 is 1.91 bits per heavy atom. The molecule has 2 fully saturated rings. The van der Waals surface area contributed by atoms with E-state index in [-0.39, 0.29) is 43.3 Å². The van der Waals surface area contributed by atoms with E-state index in [0.717, 1.165) is 11.1 Å². The number of likely N-dealkylation sites (tertiary alicyclic amines) is 2. The fourth-order valence-corrected chi connectivity index (χ4v) is 4.44. The van der Waals surface area contributed by atoms with Crippen LogP contribution in [0.5, 0.6) is 0 Å². The number of carboxylic acid groups (broad SMARTS) is 1. The second-order valence-corrected chi connectivity index (χ2v) is 8.23. The number of aliphatic hydroxyl groups excluding tert-OH is 1. The lowest BCUT2D eigenvalue weighted by atomic mass is 9.82. The Labute approximate surface area is 184 Å². The lowest BCUT2D eigenvalue weighted by Gasteiger charge is -2.27. The maximum atomic E-state index is 12.8. The molecule has 2 aliphatic heterocycles. The number of amides is 2. The number of nitrogens with zero attached hydrogens (tertiary/aromatic N) is 6. The SMILES string of the molecule is Cc1cccc(CC(=O)N2C[C@@H]3CN(C(=O)Cn4nnnc4N)C[C@]3(CO)C2)c1.O=CO. The molecule has 4 rings (SSSR count). The van der Waals surface area contributed by atoms with Gasteiger partial charge in [-0.3, -0.25) is 14.4 Å². The van der Waals surface area contributed by atoms with Crippen molar-refractivity contribution < 1.29 is 24.6 Å². The van der Waals surface area contributed by atoms with Gasteiger partial charge in [0.15, 0.2) is 0 Å². The summed E-state index contributed by atoms with van der Waals surface area (Å²) in [5.74, 6) is 0.0349. The Kier molecular flexibility index (Phi) is 7.03. The van der Waals surface area contributed by atoms with Crippen LogP contribution in [0.2, 0.25) is 0 Å². The van der Waals surface area contributed by atoms with Gasteiger partial charge in [0.25, 0.3) is 6.47 Å². The van der Waals surface area contributed by atoms with Gasteiger partial charge in [-0.2, -0.15) is 0 Å². The molecule has 3 heterocycles. The van der Waals surface area contributed by atoms with Crippen LogP contribution in [-0.4, -0.2) is 91.3 Å².